The summed E-state index contributed by atoms with van der Waals surface area (Å²) in [6.07, 6.45) is 7.37. The van der Waals surface area contributed by atoms with Crippen LogP contribution >= 0.6 is 0 Å². The van der Waals surface area contributed by atoms with Crippen LogP contribution in [-0.4, -0.2) is 19.0 Å². The van der Waals surface area contributed by atoms with Crippen molar-refractivity contribution in [3.63, 3.8) is 0 Å². The molecule has 1 heterocycles. The average molecular weight is 420 g/mol. The Morgan fingerprint density at radius 2 is 1.97 bits per heavy atom. The van der Waals surface area contributed by atoms with E-state index in [2.05, 4.69) is 6.58 Å². The van der Waals surface area contributed by atoms with Gasteiger partial charge < -0.3 is 13.9 Å². The van der Waals surface area contributed by atoms with E-state index in [0.717, 1.165) is 17.2 Å². The van der Waals surface area contributed by atoms with Crippen molar-refractivity contribution in [2.75, 3.05) is 6.61 Å². The van der Waals surface area contributed by atoms with Crippen LogP contribution in [0.1, 0.15) is 26.7 Å². The summed E-state index contributed by atoms with van der Waals surface area (Å²) in [4.78, 5) is 34.6. The Hall–Kier alpha value is -3.67. The fraction of sp³-hybridized carbons (Fsp3) is 0.240. The number of carbonyl (C=O) groups excluding carboxylic acids is 2. The number of esters is 1. The normalized spacial score (nSPS) is 14.8. The highest BCUT2D eigenvalue weighted by molar-refractivity contribution is 5.88. The molecule has 1 unspecified atom stereocenters. The summed E-state index contributed by atoms with van der Waals surface area (Å²) in [5, 5.41) is 0.804. The number of carbonyl (C=O) groups is 2. The number of ether oxygens (including phenoxy) is 2. The number of rotatable bonds is 8. The highest BCUT2D eigenvalue weighted by atomic mass is 16.5. The molecule has 31 heavy (non-hydrogen) atoms. The lowest BCUT2D eigenvalue weighted by atomic mass is 9.95. The number of hydrogen-bond donors (Lipinski definition) is 0. The number of fused-ring (bicyclic) bond motifs is 1. The first kappa shape index (κ1) is 22.0. The van der Waals surface area contributed by atoms with Crippen LogP contribution in [0.4, 0.5) is 0 Å². The fourth-order valence-corrected chi connectivity index (χ4v) is 3.26. The number of allylic oxidation sites excluding steroid dienone is 2. The van der Waals surface area contributed by atoms with Gasteiger partial charge >= 0.3 is 11.6 Å². The van der Waals surface area contributed by atoms with Crippen molar-refractivity contribution in [2.45, 2.75) is 26.7 Å². The Morgan fingerprint density at radius 3 is 2.65 bits per heavy atom. The van der Waals surface area contributed by atoms with Crippen molar-refractivity contribution < 1.29 is 23.5 Å². The van der Waals surface area contributed by atoms with Crippen molar-refractivity contribution in [3.8, 4) is 16.9 Å². The maximum atomic E-state index is 12.7. The highest BCUT2D eigenvalue weighted by Crippen LogP contribution is 2.21. The molecule has 1 aliphatic carbocycles. The Bertz CT molecular complexity index is 1200. The van der Waals surface area contributed by atoms with E-state index in [-0.39, 0.29) is 5.92 Å². The Kier molecular flexibility index (Phi) is 7.03. The van der Waals surface area contributed by atoms with Gasteiger partial charge in [0.05, 0.1) is 12.2 Å². The van der Waals surface area contributed by atoms with Crippen molar-refractivity contribution >= 4 is 24.6 Å². The molecule has 6 nitrogen and oxygen atoms in total. The van der Waals surface area contributed by atoms with E-state index in [9.17, 15) is 14.4 Å². The molecule has 0 fully saturated rings. The third-order valence-electron chi connectivity index (χ3n) is 5.04. The van der Waals surface area contributed by atoms with Gasteiger partial charge in [-0.1, -0.05) is 36.4 Å². The molecule has 0 saturated heterocycles. The third-order valence-corrected chi connectivity index (χ3v) is 5.04. The summed E-state index contributed by atoms with van der Waals surface area (Å²) in [6, 6.07) is 8.46. The lowest BCUT2D eigenvalue weighted by molar-refractivity contribution is -0.130. The standard InChI is InChI=1S/C25H24O6/c1-16(2)24(27)30-21-10-8-18(9-11-21)22-13-20-7-6-17(3)19(5-4-12-29-15-26)14-23(20)31-25(22)28/h6-11,13-15,19H,1,4-5,12H2,2-3H3. The Morgan fingerprint density at radius 1 is 1.23 bits per heavy atom. The quantitative estimate of drug-likeness (QED) is 0.215. The van der Waals surface area contributed by atoms with Gasteiger partial charge in [-0.3, -0.25) is 4.79 Å². The van der Waals surface area contributed by atoms with Crippen molar-refractivity contribution in [2.24, 2.45) is 5.92 Å². The van der Waals surface area contributed by atoms with Gasteiger partial charge in [0, 0.05) is 16.7 Å². The van der Waals surface area contributed by atoms with Gasteiger partial charge in [0.2, 0.25) is 0 Å². The predicted octanol–water partition coefficient (Wildman–Crippen LogP) is 2.88. The Labute approximate surface area is 179 Å². The van der Waals surface area contributed by atoms with Crippen LogP contribution in [0.25, 0.3) is 23.3 Å². The lowest BCUT2D eigenvalue weighted by Gasteiger charge is -2.11. The molecule has 1 atom stereocenters. The summed E-state index contributed by atoms with van der Waals surface area (Å²) >= 11 is 0. The second kappa shape index (κ2) is 9.89. The summed E-state index contributed by atoms with van der Waals surface area (Å²) in [7, 11) is 0. The Balaban J connectivity index is 1.89. The summed E-state index contributed by atoms with van der Waals surface area (Å²) in [5.41, 5.74) is 2.60. The fourth-order valence-electron chi connectivity index (χ4n) is 3.26. The number of benzene rings is 1. The van der Waals surface area contributed by atoms with Gasteiger partial charge in [-0.25, -0.2) is 9.59 Å². The second-order valence-electron chi connectivity index (χ2n) is 7.42. The second-order valence-corrected chi connectivity index (χ2v) is 7.42. The van der Waals surface area contributed by atoms with Crippen LogP contribution in [0.3, 0.4) is 0 Å². The zero-order chi connectivity index (χ0) is 22.4. The summed E-state index contributed by atoms with van der Waals surface area (Å²) in [5.74, 6) is -0.0448. The molecule has 6 heteroatoms. The van der Waals surface area contributed by atoms with E-state index in [0.29, 0.717) is 47.4 Å². The summed E-state index contributed by atoms with van der Waals surface area (Å²) in [6.45, 7) is 7.95. The topological polar surface area (TPSA) is 82.8 Å². The molecule has 1 aromatic heterocycles. The minimum atomic E-state index is -0.503. The van der Waals surface area contributed by atoms with E-state index < -0.39 is 11.6 Å². The van der Waals surface area contributed by atoms with Crippen molar-refractivity contribution in [1.29, 1.82) is 0 Å². The van der Waals surface area contributed by atoms with Crippen LogP contribution in [-0.2, 0) is 14.3 Å². The zero-order valence-electron chi connectivity index (χ0n) is 17.6. The third kappa shape index (κ3) is 5.48. The number of hydrogen-bond acceptors (Lipinski definition) is 6. The smallest absolute Gasteiger partial charge is 0.344 e. The monoisotopic (exact) mass is 420 g/mol. The van der Waals surface area contributed by atoms with Gasteiger partial charge in [0.1, 0.15) is 11.2 Å². The van der Waals surface area contributed by atoms with Gasteiger partial charge in [-0.15, -0.1) is 0 Å². The lowest BCUT2D eigenvalue weighted by Crippen LogP contribution is -2.30. The molecule has 0 amide bonds. The van der Waals surface area contributed by atoms with Gasteiger partial charge in [-0.05, 0) is 56.5 Å². The van der Waals surface area contributed by atoms with Crippen LogP contribution in [0.2, 0.25) is 0 Å². The zero-order valence-corrected chi connectivity index (χ0v) is 17.6. The molecule has 0 N–H and O–H groups in total. The highest BCUT2D eigenvalue weighted by Gasteiger charge is 2.13. The predicted molar refractivity (Wildman–Crippen MR) is 118 cm³/mol. The molecule has 0 bridgehead atoms. The van der Waals surface area contributed by atoms with E-state index in [1.54, 1.807) is 37.3 Å². The molecule has 3 rings (SSSR count). The molecular formula is C25H24O6. The molecular weight excluding hydrogens is 396 g/mol. The molecule has 0 spiro atoms. The minimum absolute atomic E-state index is 0.0871. The average Bonchev–Trinajstić information content (AvgIpc) is 2.90. The first-order valence-electron chi connectivity index (χ1n) is 9.97. The first-order chi connectivity index (χ1) is 14.9. The van der Waals surface area contributed by atoms with E-state index in [4.69, 9.17) is 13.9 Å². The van der Waals surface area contributed by atoms with E-state index in [1.807, 2.05) is 25.2 Å². The maximum absolute atomic E-state index is 12.7. The van der Waals surface area contributed by atoms with Gasteiger partial charge in [0.15, 0.2) is 0 Å². The van der Waals surface area contributed by atoms with Gasteiger partial charge in [-0.2, -0.15) is 0 Å². The molecule has 160 valence electrons. The molecule has 1 aromatic carbocycles. The maximum Gasteiger partial charge on any atom is 0.344 e. The van der Waals surface area contributed by atoms with Gasteiger partial charge in [0.25, 0.3) is 6.47 Å². The molecule has 0 saturated carbocycles. The molecule has 2 aromatic rings. The first-order valence-corrected chi connectivity index (χ1v) is 9.97. The van der Waals surface area contributed by atoms with Crippen LogP contribution in [0.5, 0.6) is 5.75 Å². The molecule has 0 radical (unpaired) electrons. The SMILES string of the molecule is C=C(C)C(=O)Oc1ccc(-c2cc3c(oc2=O)=CC(CCCOC=O)C(C)=CC=3)cc1. The molecule has 0 aliphatic heterocycles. The van der Waals surface area contributed by atoms with Crippen molar-refractivity contribution in [3.05, 3.63) is 75.2 Å². The molecule has 1 aliphatic rings. The van der Waals surface area contributed by atoms with Crippen LogP contribution < -0.4 is 21.0 Å². The minimum Gasteiger partial charge on any atom is -0.468 e. The van der Waals surface area contributed by atoms with Crippen LogP contribution in [0, 0.1) is 5.92 Å². The van der Waals surface area contributed by atoms with E-state index in [1.165, 1.54) is 0 Å². The largest absolute Gasteiger partial charge is 0.468 e. The van der Waals surface area contributed by atoms with E-state index >= 15 is 0 Å². The summed E-state index contributed by atoms with van der Waals surface area (Å²) < 4.78 is 15.6. The van der Waals surface area contributed by atoms with Crippen LogP contribution in [0.15, 0.2) is 63.3 Å². The van der Waals surface area contributed by atoms with Crippen molar-refractivity contribution in [1.82, 2.24) is 0 Å².